The largest absolute Gasteiger partial charge is 0.493 e. The van der Waals surface area contributed by atoms with Gasteiger partial charge in [-0.3, -0.25) is 4.79 Å². The molecule has 0 spiro atoms. The average molecular weight is 302 g/mol. The molecule has 1 amide bonds. The number of hydrogen-bond donors (Lipinski definition) is 1. The van der Waals surface area contributed by atoms with Crippen LogP contribution in [0.15, 0.2) is 40.0 Å². The summed E-state index contributed by atoms with van der Waals surface area (Å²) >= 11 is 0. The molecule has 0 aliphatic carbocycles. The normalized spacial score (nSPS) is 10.7. The highest BCUT2D eigenvalue weighted by Crippen LogP contribution is 2.27. The van der Waals surface area contributed by atoms with Crippen molar-refractivity contribution in [1.29, 1.82) is 0 Å². The maximum Gasteiger partial charge on any atom is 0.274 e. The molecule has 6 heteroatoms. The lowest BCUT2D eigenvalue weighted by atomic mass is 10.2. The van der Waals surface area contributed by atoms with Crippen molar-refractivity contribution in [1.82, 2.24) is 5.43 Å². The number of nitrogens with zero attached hydrogens (tertiary/aromatic N) is 1. The van der Waals surface area contributed by atoms with E-state index in [1.807, 2.05) is 13.0 Å². The second-order valence-corrected chi connectivity index (χ2v) is 4.43. The minimum atomic E-state index is -0.318. The summed E-state index contributed by atoms with van der Waals surface area (Å²) in [6.45, 7) is 4.15. The molecule has 2 aromatic rings. The maximum absolute atomic E-state index is 11.9. The molecular weight excluding hydrogens is 284 g/mol. The van der Waals surface area contributed by atoms with Gasteiger partial charge in [0.1, 0.15) is 5.76 Å². The van der Waals surface area contributed by atoms with Gasteiger partial charge in [0.15, 0.2) is 11.5 Å². The van der Waals surface area contributed by atoms with E-state index in [1.54, 1.807) is 32.2 Å². The number of rotatable bonds is 6. The van der Waals surface area contributed by atoms with Crippen LogP contribution in [0.5, 0.6) is 11.5 Å². The third-order valence-corrected chi connectivity index (χ3v) is 2.97. The number of benzene rings is 1. The summed E-state index contributed by atoms with van der Waals surface area (Å²) in [6.07, 6.45) is 3.00. The predicted molar refractivity (Wildman–Crippen MR) is 82.7 cm³/mol. The Morgan fingerprint density at radius 1 is 1.36 bits per heavy atom. The van der Waals surface area contributed by atoms with E-state index in [1.165, 1.54) is 12.5 Å². The first kappa shape index (κ1) is 15.6. The molecular formula is C16H18N2O4. The van der Waals surface area contributed by atoms with Crippen LogP contribution in [0, 0.1) is 6.92 Å². The molecule has 1 aromatic heterocycles. The van der Waals surface area contributed by atoms with Gasteiger partial charge in [0.25, 0.3) is 5.91 Å². The summed E-state index contributed by atoms with van der Waals surface area (Å²) in [5.74, 6) is 1.51. The minimum Gasteiger partial charge on any atom is -0.493 e. The molecule has 0 saturated heterocycles. The summed E-state index contributed by atoms with van der Waals surface area (Å²) in [5, 5.41) is 3.93. The number of methoxy groups -OCH3 is 1. The third-order valence-electron chi connectivity index (χ3n) is 2.97. The molecule has 1 aromatic carbocycles. The van der Waals surface area contributed by atoms with Crippen LogP contribution < -0.4 is 14.9 Å². The number of carbonyl (C=O) groups excluding carboxylic acids is 1. The van der Waals surface area contributed by atoms with E-state index in [-0.39, 0.29) is 5.91 Å². The third kappa shape index (κ3) is 3.66. The lowest BCUT2D eigenvalue weighted by Crippen LogP contribution is -2.17. The van der Waals surface area contributed by atoms with Crippen LogP contribution in [0.4, 0.5) is 0 Å². The van der Waals surface area contributed by atoms with Crippen LogP contribution in [-0.4, -0.2) is 25.8 Å². The zero-order valence-corrected chi connectivity index (χ0v) is 12.8. The quantitative estimate of drug-likeness (QED) is 0.658. The zero-order chi connectivity index (χ0) is 15.9. The highest BCUT2D eigenvalue weighted by atomic mass is 16.5. The van der Waals surface area contributed by atoms with Gasteiger partial charge in [0.05, 0.1) is 31.8 Å². The van der Waals surface area contributed by atoms with Gasteiger partial charge >= 0.3 is 0 Å². The van der Waals surface area contributed by atoms with E-state index in [9.17, 15) is 4.79 Å². The fraction of sp³-hybridized carbons (Fsp3) is 0.250. The molecule has 0 unspecified atom stereocenters. The number of aryl methyl sites for hydroxylation is 1. The van der Waals surface area contributed by atoms with Gasteiger partial charge in [-0.2, -0.15) is 5.10 Å². The number of amides is 1. The maximum atomic E-state index is 11.9. The summed E-state index contributed by atoms with van der Waals surface area (Å²) in [5.41, 5.74) is 3.70. The van der Waals surface area contributed by atoms with E-state index >= 15 is 0 Å². The Kier molecular flexibility index (Phi) is 5.19. The van der Waals surface area contributed by atoms with Gasteiger partial charge in [-0.15, -0.1) is 0 Å². The number of ether oxygens (including phenoxy) is 2. The molecule has 0 radical (unpaired) electrons. The van der Waals surface area contributed by atoms with Gasteiger partial charge in [-0.05, 0) is 43.7 Å². The summed E-state index contributed by atoms with van der Waals surface area (Å²) in [4.78, 5) is 11.9. The Hall–Kier alpha value is -2.76. The Labute approximate surface area is 128 Å². The van der Waals surface area contributed by atoms with E-state index in [0.29, 0.717) is 29.4 Å². The number of hydrogen-bond acceptors (Lipinski definition) is 5. The van der Waals surface area contributed by atoms with Gasteiger partial charge in [0, 0.05) is 0 Å². The number of hydrazone groups is 1. The molecule has 0 aliphatic rings. The van der Waals surface area contributed by atoms with Gasteiger partial charge in [-0.25, -0.2) is 5.43 Å². The Morgan fingerprint density at radius 2 is 2.18 bits per heavy atom. The topological polar surface area (TPSA) is 73.1 Å². The van der Waals surface area contributed by atoms with Crippen molar-refractivity contribution in [2.24, 2.45) is 5.10 Å². The van der Waals surface area contributed by atoms with E-state index in [2.05, 4.69) is 10.5 Å². The van der Waals surface area contributed by atoms with Crippen LogP contribution >= 0.6 is 0 Å². The van der Waals surface area contributed by atoms with Crippen molar-refractivity contribution in [3.8, 4) is 11.5 Å². The van der Waals surface area contributed by atoms with Crippen LogP contribution in [0.3, 0.4) is 0 Å². The van der Waals surface area contributed by atoms with Gasteiger partial charge in [-0.1, -0.05) is 0 Å². The van der Waals surface area contributed by atoms with Crippen molar-refractivity contribution in [2.75, 3.05) is 13.7 Å². The van der Waals surface area contributed by atoms with Crippen LogP contribution in [-0.2, 0) is 0 Å². The van der Waals surface area contributed by atoms with Crippen molar-refractivity contribution < 1.29 is 18.7 Å². The molecule has 0 atom stereocenters. The predicted octanol–water partition coefficient (Wildman–Crippen LogP) is 2.76. The highest BCUT2D eigenvalue weighted by Gasteiger charge is 2.10. The fourth-order valence-electron chi connectivity index (χ4n) is 1.89. The summed E-state index contributed by atoms with van der Waals surface area (Å²) in [6, 6.07) is 7.00. The second kappa shape index (κ2) is 7.31. The molecule has 22 heavy (non-hydrogen) atoms. The van der Waals surface area contributed by atoms with Crippen LogP contribution in [0.25, 0.3) is 0 Å². The molecule has 0 bridgehead atoms. The summed E-state index contributed by atoms with van der Waals surface area (Å²) in [7, 11) is 1.58. The van der Waals surface area contributed by atoms with E-state index < -0.39 is 0 Å². The fourth-order valence-corrected chi connectivity index (χ4v) is 1.89. The molecule has 1 N–H and O–H groups in total. The number of furan rings is 1. The molecule has 116 valence electrons. The van der Waals surface area contributed by atoms with Crippen molar-refractivity contribution >= 4 is 12.1 Å². The molecule has 0 fully saturated rings. The smallest absolute Gasteiger partial charge is 0.274 e. The SMILES string of the molecule is CCOc1cc(C=NNC(=O)c2ccoc2C)ccc1OC. The summed E-state index contributed by atoms with van der Waals surface area (Å²) < 4.78 is 15.8. The lowest BCUT2D eigenvalue weighted by Gasteiger charge is -2.09. The average Bonchev–Trinajstić information content (AvgIpc) is 2.94. The standard InChI is InChI=1S/C16H18N2O4/c1-4-21-15-9-12(5-6-14(15)20-3)10-17-18-16(19)13-7-8-22-11(13)2/h5-10H,4H2,1-3H3,(H,18,19). The van der Waals surface area contributed by atoms with Gasteiger partial charge < -0.3 is 13.9 Å². The highest BCUT2D eigenvalue weighted by molar-refractivity contribution is 5.95. The zero-order valence-electron chi connectivity index (χ0n) is 12.8. The van der Waals surface area contributed by atoms with Crippen LogP contribution in [0.1, 0.15) is 28.6 Å². The molecule has 0 saturated carbocycles. The van der Waals surface area contributed by atoms with E-state index in [0.717, 1.165) is 5.56 Å². The molecule has 1 heterocycles. The lowest BCUT2D eigenvalue weighted by molar-refractivity contribution is 0.0953. The first-order chi connectivity index (χ1) is 10.7. The first-order valence-electron chi connectivity index (χ1n) is 6.84. The Balaban J connectivity index is 2.05. The monoisotopic (exact) mass is 302 g/mol. The van der Waals surface area contributed by atoms with Crippen molar-refractivity contribution in [3.63, 3.8) is 0 Å². The Bertz CT molecular complexity index is 677. The number of nitrogens with one attached hydrogen (secondary N) is 1. The minimum absolute atomic E-state index is 0.318. The molecule has 0 aliphatic heterocycles. The van der Waals surface area contributed by atoms with Gasteiger partial charge in [0.2, 0.25) is 0 Å². The second-order valence-electron chi connectivity index (χ2n) is 4.43. The molecule has 6 nitrogen and oxygen atoms in total. The van der Waals surface area contributed by atoms with E-state index in [4.69, 9.17) is 13.9 Å². The molecule has 2 rings (SSSR count). The first-order valence-corrected chi connectivity index (χ1v) is 6.84. The van der Waals surface area contributed by atoms with Crippen LogP contribution in [0.2, 0.25) is 0 Å². The van der Waals surface area contributed by atoms with Crippen molar-refractivity contribution in [2.45, 2.75) is 13.8 Å². The number of carbonyl (C=O) groups is 1. The Morgan fingerprint density at radius 3 is 2.82 bits per heavy atom. The van der Waals surface area contributed by atoms with Crippen molar-refractivity contribution in [3.05, 3.63) is 47.4 Å².